The van der Waals surface area contributed by atoms with Crippen LogP contribution in [-0.4, -0.2) is 79.4 Å². The molecule has 0 aromatic heterocycles. The maximum atomic E-state index is 12.5. The Morgan fingerprint density at radius 3 is 2.21 bits per heavy atom. The molecule has 0 saturated carbocycles. The Kier molecular flexibility index (Phi) is 7.50. The average Bonchev–Trinajstić information content (AvgIpc) is 3.24. The number of amides is 1. The molecule has 0 aromatic rings. The van der Waals surface area contributed by atoms with E-state index in [1.54, 1.807) is 7.11 Å². The van der Waals surface area contributed by atoms with Crippen LogP contribution in [0.2, 0.25) is 0 Å². The van der Waals surface area contributed by atoms with Gasteiger partial charge >= 0.3 is 12.1 Å². The summed E-state index contributed by atoms with van der Waals surface area (Å²) in [6.07, 6.45) is 4.64. The third-order valence-electron chi connectivity index (χ3n) is 5.97. The zero-order valence-corrected chi connectivity index (χ0v) is 16.4. The normalized spacial score (nSPS) is 25.0. The molecule has 2 saturated heterocycles. The number of ether oxygens (including phenoxy) is 1. The fraction of sp³-hybridized carbons (Fsp3) is 0.789. The number of carbonyl (C=O) groups is 2. The van der Waals surface area contributed by atoms with E-state index >= 15 is 0 Å². The number of carbonyl (C=O) groups excluding carboxylic acids is 1. The minimum atomic E-state index is -5.08. The Balaban J connectivity index is 0.000000345. The van der Waals surface area contributed by atoms with Crippen LogP contribution in [0.15, 0.2) is 12.2 Å². The van der Waals surface area contributed by atoms with Crippen LogP contribution in [0.5, 0.6) is 0 Å². The monoisotopic (exact) mass is 406 g/mol. The number of allylic oxidation sites excluding steroid dienone is 2. The van der Waals surface area contributed by atoms with Crippen LogP contribution in [0.1, 0.15) is 32.1 Å². The molecule has 1 spiro atoms. The van der Waals surface area contributed by atoms with Crippen molar-refractivity contribution in [2.24, 2.45) is 11.3 Å². The molecule has 3 aliphatic rings. The number of alkyl halides is 3. The average molecular weight is 406 g/mol. The second-order valence-electron chi connectivity index (χ2n) is 8.00. The van der Waals surface area contributed by atoms with Crippen molar-refractivity contribution in [3.63, 3.8) is 0 Å². The summed E-state index contributed by atoms with van der Waals surface area (Å²) in [5.74, 6) is -2.14. The molecule has 2 aliphatic heterocycles. The predicted molar refractivity (Wildman–Crippen MR) is 96.7 cm³/mol. The van der Waals surface area contributed by atoms with Crippen molar-refractivity contribution in [2.45, 2.75) is 44.3 Å². The molecule has 2 heterocycles. The molecular formula is C19H29F3N2O4. The lowest BCUT2D eigenvalue weighted by molar-refractivity contribution is -0.192. The standard InChI is InChI=1S/C17H28N2O2.C2HF3O2/c1-18-13-17(11-15(18)12-21-2)7-9-19(10-8-17)16(20)14-5-3-4-6-14;3-2(4,5)1(6)7/h3-4,14-15H,5-13H2,1-2H3;(H,6,7). The number of halogens is 3. The highest BCUT2D eigenvalue weighted by Crippen LogP contribution is 2.43. The van der Waals surface area contributed by atoms with E-state index in [2.05, 4.69) is 29.0 Å². The number of nitrogens with zero attached hydrogens (tertiary/aromatic N) is 2. The smallest absolute Gasteiger partial charge is 0.475 e. The first-order valence-electron chi connectivity index (χ1n) is 9.51. The second-order valence-corrected chi connectivity index (χ2v) is 8.00. The summed E-state index contributed by atoms with van der Waals surface area (Å²) < 4.78 is 37.1. The first-order valence-corrected chi connectivity index (χ1v) is 9.51. The zero-order valence-electron chi connectivity index (χ0n) is 16.4. The van der Waals surface area contributed by atoms with Gasteiger partial charge in [0.15, 0.2) is 0 Å². The molecule has 6 nitrogen and oxygen atoms in total. The molecule has 1 atom stereocenters. The Hall–Kier alpha value is -1.61. The van der Waals surface area contributed by atoms with E-state index in [4.69, 9.17) is 14.6 Å². The fourth-order valence-electron chi connectivity index (χ4n) is 4.40. The molecule has 160 valence electrons. The second kappa shape index (κ2) is 9.26. The number of piperidine rings is 1. The van der Waals surface area contributed by atoms with Crippen molar-refractivity contribution in [3.05, 3.63) is 12.2 Å². The van der Waals surface area contributed by atoms with Crippen molar-refractivity contribution in [1.82, 2.24) is 9.80 Å². The molecular weight excluding hydrogens is 377 g/mol. The highest BCUT2D eigenvalue weighted by atomic mass is 19.4. The summed E-state index contributed by atoms with van der Waals surface area (Å²) in [6.45, 7) is 3.88. The van der Waals surface area contributed by atoms with Gasteiger partial charge in [0.05, 0.1) is 6.61 Å². The van der Waals surface area contributed by atoms with Gasteiger partial charge in [0.25, 0.3) is 0 Å². The van der Waals surface area contributed by atoms with E-state index in [1.165, 1.54) is 6.42 Å². The summed E-state index contributed by atoms with van der Waals surface area (Å²) in [5.41, 5.74) is 0.419. The largest absolute Gasteiger partial charge is 0.490 e. The molecule has 9 heteroatoms. The van der Waals surface area contributed by atoms with Crippen LogP contribution >= 0.6 is 0 Å². The molecule has 3 rings (SSSR count). The zero-order chi connectivity index (χ0) is 20.9. The highest BCUT2D eigenvalue weighted by Gasteiger charge is 2.45. The number of likely N-dealkylation sites (tertiary alicyclic amines) is 2. The number of methoxy groups -OCH3 is 1. The number of carboxylic acid groups (broad SMARTS) is 1. The Bertz CT molecular complexity index is 578. The van der Waals surface area contributed by atoms with Gasteiger partial charge in [0.1, 0.15) is 0 Å². The fourth-order valence-corrected chi connectivity index (χ4v) is 4.40. The topological polar surface area (TPSA) is 70.1 Å². The number of aliphatic carboxylic acids is 1. The minimum absolute atomic E-state index is 0.228. The first-order chi connectivity index (χ1) is 13.1. The summed E-state index contributed by atoms with van der Waals surface area (Å²) in [4.78, 5) is 26.0. The predicted octanol–water partition coefficient (Wildman–Crippen LogP) is 2.55. The van der Waals surface area contributed by atoms with Crippen LogP contribution in [0.3, 0.4) is 0 Å². The van der Waals surface area contributed by atoms with Crippen LogP contribution in [0.4, 0.5) is 13.2 Å². The van der Waals surface area contributed by atoms with Crippen molar-refractivity contribution >= 4 is 11.9 Å². The maximum absolute atomic E-state index is 12.5. The number of hydrogen-bond donors (Lipinski definition) is 1. The van der Waals surface area contributed by atoms with Gasteiger partial charge in [-0.05, 0) is 44.6 Å². The molecule has 1 aliphatic carbocycles. The van der Waals surface area contributed by atoms with E-state index in [1.807, 2.05) is 0 Å². The molecule has 2 fully saturated rings. The molecule has 0 aromatic carbocycles. The van der Waals surface area contributed by atoms with E-state index in [-0.39, 0.29) is 5.92 Å². The van der Waals surface area contributed by atoms with E-state index in [9.17, 15) is 18.0 Å². The van der Waals surface area contributed by atoms with Crippen LogP contribution in [0, 0.1) is 11.3 Å². The lowest BCUT2D eigenvalue weighted by atomic mass is 9.76. The Labute approximate surface area is 163 Å². The molecule has 1 unspecified atom stereocenters. The number of likely N-dealkylation sites (N-methyl/N-ethyl adjacent to an activating group) is 1. The number of rotatable bonds is 3. The molecule has 0 bridgehead atoms. The Morgan fingerprint density at radius 1 is 1.21 bits per heavy atom. The highest BCUT2D eigenvalue weighted by molar-refractivity contribution is 5.79. The van der Waals surface area contributed by atoms with Gasteiger partial charge in [-0.1, -0.05) is 12.2 Å². The number of hydrogen-bond acceptors (Lipinski definition) is 4. The van der Waals surface area contributed by atoms with Gasteiger partial charge in [-0.15, -0.1) is 0 Å². The van der Waals surface area contributed by atoms with Crippen LogP contribution in [-0.2, 0) is 14.3 Å². The molecule has 1 amide bonds. The van der Waals surface area contributed by atoms with Crippen molar-refractivity contribution in [1.29, 1.82) is 0 Å². The summed E-state index contributed by atoms with van der Waals surface area (Å²) in [6, 6.07) is 0.552. The van der Waals surface area contributed by atoms with Gasteiger partial charge < -0.3 is 19.6 Å². The van der Waals surface area contributed by atoms with Gasteiger partial charge in [0, 0.05) is 38.7 Å². The number of carboxylic acids is 1. The SMILES string of the molecule is COCC1CC2(CCN(C(=O)C3CC=CC3)CC2)CN1C.O=C(O)C(F)(F)F. The Morgan fingerprint density at radius 2 is 1.75 bits per heavy atom. The summed E-state index contributed by atoms with van der Waals surface area (Å²) in [5, 5.41) is 7.12. The summed E-state index contributed by atoms with van der Waals surface area (Å²) >= 11 is 0. The third kappa shape index (κ3) is 5.70. The lowest BCUT2D eigenvalue weighted by Crippen LogP contribution is -2.45. The van der Waals surface area contributed by atoms with Gasteiger partial charge in [-0.2, -0.15) is 13.2 Å². The van der Waals surface area contributed by atoms with Gasteiger partial charge in [0.2, 0.25) is 5.91 Å². The van der Waals surface area contributed by atoms with Crippen molar-refractivity contribution in [3.8, 4) is 0 Å². The van der Waals surface area contributed by atoms with E-state index in [0.717, 1.165) is 51.9 Å². The minimum Gasteiger partial charge on any atom is -0.475 e. The van der Waals surface area contributed by atoms with Crippen LogP contribution < -0.4 is 0 Å². The lowest BCUT2D eigenvalue weighted by Gasteiger charge is -2.40. The van der Waals surface area contributed by atoms with E-state index in [0.29, 0.717) is 17.4 Å². The van der Waals surface area contributed by atoms with Crippen molar-refractivity contribution < 1.29 is 32.6 Å². The summed E-state index contributed by atoms with van der Waals surface area (Å²) in [7, 11) is 4.00. The van der Waals surface area contributed by atoms with Crippen molar-refractivity contribution in [2.75, 3.05) is 40.4 Å². The quantitative estimate of drug-likeness (QED) is 0.730. The molecule has 0 radical (unpaired) electrons. The van der Waals surface area contributed by atoms with Gasteiger partial charge in [-0.3, -0.25) is 4.79 Å². The maximum Gasteiger partial charge on any atom is 0.490 e. The molecule has 28 heavy (non-hydrogen) atoms. The van der Waals surface area contributed by atoms with E-state index < -0.39 is 12.1 Å². The third-order valence-corrected chi connectivity index (χ3v) is 5.97. The van der Waals surface area contributed by atoms with Crippen LogP contribution in [0.25, 0.3) is 0 Å². The first kappa shape index (κ1) is 22.7. The van der Waals surface area contributed by atoms with Gasteiger partial charge in [-0.25, -0.2) is 4.79 Å². The molecule has 1 N–H and O–H groups in total.